The highest BCUT2D eigenvalue weighted by Crippen LogP contribution is 2.31. The minimum atomic E-state index is -0.206. The predicted molar refractivity (Wildman–Crippen MR) is 117 cm³/mol. The normalized spacial score (nSPS) is 16.1. The van der Waals surface area contributed by atoms with Gasteiger partial charge in [0.25, 0.3) is 0 Å². The fraction of sp³-hybridized carbons (Fsp3) is 0.318. The number of hydrogen-bond donors (Lipinski definition) is 1. The van der Waals surface area contributed by atoms with Gasteiger partial charge in [0.15, 0.2) is 0 Å². The topological polar surface area (TPSA) is 89.7 Å². The molecule has 0 spiro atoms. The Kier molecular flexibility index (Phi) is 6.27. The molecule has 0 bridgehead atoms. The summed E-state index contributed by atoms with van der Waals surface area (Å²) in [5.74, 6) is 2.17. The lowest BCUT2D eigenvalue weighted by Gasteiger charge is -2.31. The highest BCUT2D eigenvalue weighted by Gasteiger charge is 2.29. The summed E-state index contributed by atoms with van der Waals surface area (Å²) in [6.45, 7) is 1.14. The Morgan fingerprint density at radius 1 is 1.23 bits per heavy atom. The van der Waals surface area contributed by atoms with Crippen molar-refractivity contribution < 1.29 is 18.8 Å². The third-order valence-electron chi connectivity index (χ3n) is 5.23. The molecule has 1 saturated heterocycles. The lowest BCUT2D eigenvalue weighted by molar-refractivity contribution is 0.184. The summed E-state index contributed by atoms with van der Waals surface area (Å²) in [4.78, 5) is 19.2. The minimum Gasteiger partial charge on any atom is -0.497 e. The summed E-state index contributed by atoms with van der Waals surface area (Å²) >= 11 is 6.06. The third-order valence-corrected chi connectivity index (χ3v) is 5.47. The number of urea groups is 1. The molecule has 162 valence electrons. The van der Waals surface area contributed by atoms with Crippen molar-refractivity contribution in [1.29, 1.82) is 0 Å². The Balaban J connectivity index is 1.45. The summed E-state index contributed by atoms with van der Waals surface area (Å²) in [5, 5.41) is 7.61. The van der Waals surface area contributed by atoms with Crippen LogP contribution in [0.3, 0.4) is 0 Å². The number of nitrogens with zero attached hydrogens (tertiary/aromatic N) is 3. The van der Waals surface area contributed by atoms with Gasteiger partial charge in [0.1, 0.15) is 11.5 Å². The molecule has 1 aliphatic rings. The van der Waals surface area contributed by atoms with Gasteiger partial charge in [-0.1, -0.05) is 28.9 Å². The van der Waals surface area contributed by atoms with Gasteiger partial charge < -0.3 is 24.2 Å². The van der Waals surface area contributed by atoms with Gasteiger partial charge in [-0.15, -0.1) is 0 Å². The van der Waals surface area contributed by atoms with Crippen LogP contribution in [0.4, 0.5) is 10.5 Å². The van der Waals surface area contributed by atoms with E-state index < -0.39 is 0 Å². The maximum absolute atomic E-state index is 12.9. The summed E-state index contributed by atoms with van der Waals surface area (Å²) in [6, 6.07) is 12.4. The molecule has 31 heavy (non-hydrogen) atoms. The van der Waals surface area contributed by atoms with Crippen LogP contribution in [0.1, 0.15) is 24.7 Å². The van der Waals surface area contributed by atoms with Gasteiger partial charge in [-0.2, -0.15) is 4.98 Å². The van der Waals surface area contributed by atoms with E-state index in [9.17, 15) is 4.79 Å². The van der Waals surface area contributed by atoms with Crippen LogP contribution >= 0.6 is 11.6 Å². The van der Waals surface area contributed by atoms with E-state index in [4.69, 9.17) is 25.6 Å². The van der Waals surface area contributed by atoms with E-state index in [0.29, 0.717) is 47.0 Å². The molecule has 2 aromatic carbocycles. The van der Waals surface area contributed by atoms with Crippen LogP contribution in [0.25, 0.3) is 11.4 Å². The molecule has 0 aliphatic carbocycles. The average Bonchev–Trinajstić information content (AvgIpc) is 3.30. The number of ether oxygens (including phenoxy) is 2. The van der Waals surface area contributed by atoms with Crippen LogP contribution in [0.5, 0.6) is 11.5 Å². The SMILES string of the molecule is COc1ccc(NC(=O)N2CCCC(c3nc(-c4cccc(Cl)c4)no3)C2)c(OC)c1. The zero-order chi connectivity index (χ0) is 21.8. The Hall–Kier alpha value is -3.26. The van der Waals surface area contributed by atoms with Gasteiger partial charge in [0.05, 0.1) is 25.8 Å². The lowest BCUT2D eigenvalue weighted by Crippen LogP contribution is -2.41. The number of likely N-dealkylation sites (tertiary alicyclic amines) is 1. The fourth-order valence-electron chi connectivity index (χ4n) is 3.61. The maximum Gasteiger partial charge on any atom is 0.321 e. The van der Waals surface area contributed by atoms with Gasteiger partial charge in [0.2, 0.25) is 11.7 Å². The molecule has 9 heteroatoms. The highest BCUT2D eigenvalue weighted by molar-refractivity contribution is 6.30. The van der Waals surface area contributed by atoms with Crippen LogP contribution in [-0.4, -0.2) is 48.4 Å². The molecule has 8 nitrogen and oxygen atoms in total. The number of benzene rings is 2. The second-order valence-corrected chi connectivity index (χ2v) is 7.68. The van der Waals surface area contributed by atoms with E-state index in [1.807, 2.05) is 12.1 Å². The molecule has 0 saturated carbocycles. The largest absolute Gasteiger partial charge is 0.497 e. The maximum atomic E-state index is 12.9. The molecule has 2 heterocycles. The second-order valence-electron chi connectivity index (χ2n) is 7.25. The van der Waals surface area contributed by atoms with Crippen molar-refractivity contribution in [3.8, 4) is 22.9 Å². The lowest BCUT2D eigenvalue weighted by atomic mass is 9.98. The number of aromatic nitrogens is 2. The predicted octanol–water partition coefficient (Wildman–Crippen LogP) is 4.82. The molecule has 1 unspecified atom stereocenters. The third kappa shape index (κ3) is 4.74. The molecule has 3 aromatic rings. The summed E-state index contributed by atoms with van der Waals surface area (Å²) in [6.07, 6.45) is 1.71. The van der Waals surface area contributed by atoms with Gasteiger partial charge in [-0.25, -0.2) is 4.79 Å². The number of halogens is 1. The van der Waals surface area contributed by atoms with Gasteiger partial charge in [-0.05, 0) is 37.1 Å². The first-order valence-electron chi connectivity index (χ1n) is 9.95. The number of piperidine rings is 1. The molecular formula is C22H23ClN4O4. The van der Waals surface area contributed by atoms with Crippen molar-refractivity contribution >= 4 is 23.3 Å². The van der Waals surface area contributed by atoms with Crippen molar-refractivity contribution in [3.05, 3.63) is 53.4 Å². The Labute approximate surface area is 185 Å². The molecule has 1 N–H and O–H groups in total. The average molecular weight is 443 g/mol. The Bertz CT molecular complexity index is 1070. The standard InChI is InChI=1S/C22H23ClN4O4/c1-29-17-8-9-18(19(12-17)30-2)24-22(28)27-10-4-6-15(13-27)21-25-20(26-31-21)14-5-3-7-16(23)11-14/h3,5,7-9,11-12,15H,4,6,10,13H2,1-2H3,(H,24,28). The first-order chi connectivity index (χ1) is 15.1. The van der Waals surface area contributed by atoms with Crippen molar-refractivity contribution in [2.45, 2.75) is 18.8 Å². The number of rotatable bonds is 5. The van der Waals surface area contributed by atoms with E-state index >= 15 is 0 Å². The van der Waals surface area contributed by atoms with Crippen molar-refractivity contribution in [1.82, 2.24) is 15.0 Å². The molecular weight excluding hydrogens is 420 g/mol. The summed E-state index contributed by atoms with van der Waals surface area (Å²) in [5.41, 5.74) is 1.37. The van der Waals surface area contributed by atoms with Crippen LogP contribution < -0.4 is 14.8 Å². The fourth-order valence-corrected chi connectivity index (χ4v) is 3.80. The van der Waals surface area contributed by atoms with Gasteiger partial charge >= 0.3 is 6.03 Å². The first kappa shape index (κ1) is 21.0. The smallest absolute Gasteiger partial charge is 0.321 e. The van der Waals surface area contributed by atoms with E-state index in [0.717, 1.165) is 18.4 Å². The molecule has 1 aliphatic heterocycles. The highest BCUT2D eigenvalue weighted by atomic mass is 35.5. The minimum absolute atomic E-state index is 0.0299. The number of amides is 2. The number of methoxy groups -OCH3 is 2. The van der Waals surface area contributed by atoms with E-state index in [2.05, 4.69) is 15.5 Å². The molecule has 1 fully saturated rings. The van der Waals surface area contributed by atoms with Crippen molar-refractivity contribution in [2.24, 2.45) is 0 Å². The van der Waals surface area contributed by atoms with Crippen LogP contribution in [0.15, 0.2) is 47.0 Å². The number of nitrogens with one attached hydrogen (secondary N) is 1. The number of carbonyl (C=O) groups excluding carboxylic acids is 1. The van der Waals surface area contributed by atoms with E-state index in [1.54, 1.807) is 49.5 Å². The van der Waals surface area contributed by atoms with Crippen LogP contribution in [0.2, 0.25) is 5.02 Å². The monoisotopic (exact) mass is 442 g/mol. The van der Waals surface area contributed by atoms with Crippen molar-refractivity contribution in [3.63, 3.8) is 0 Å². The second kappa shape index (κ2) is 9.26. The molecule has 1 atom stereocenters. The molecule has 2 amide bonds. The van der Waals surface area contributed by atoms with E-state index in [1.165, 1.54) is 0 Å². The van der Waals surface area contributed by atoms with E-state index in [-0.39, 0.29) is 11.9 Å². The van der Waals surface area contributed by atoms with Gasteiger partial charge in [-0.3, -0.25) is 0 Å². The Morgan fingerprint density at radius 2 is 2.10 bits per heavy atom. The van der Waals surface area contributed by atoms with Crippen LogP contribution in [-0.2, 0) is 0 Å². The zero-order valence-corrected chi connectivity index (χ0v) is 18.1. The Morgan fingerprint density at radius 3 is 2.87 bits per heavy atom. The summed E-state index contributed by atoms with van der Waals surface area (Å²) in [7, 11) is 3.13. The number of anilines is 1. The first-order valence-corrected chi connectivity index (χ1v) is 10.3. The molecule has 0 radical (unpaired) electrons. The summed E-state index contributed by atoms with van der Waals surface area (Å²) < 4.78 is 16.1. The van der Waals surface area contributed by atoms with Gasteiger partial charge in [0, 0.05) is 29.7 Å². The molecule has 1 aromatic heterocycles. The quantitative estimate of drug-likeness (QED) is 0.609. The number of carbonyl (C=O) groups is 1. The van der Waals surface area contributed by atoms with Crippen molar-refractivity contribution in [2.75, 3.05) is 32.6 Å². The zero-order valence-electron chi connectivity index (χ0n) is 17.3. The van der Waals surface area contributed by atoms with Crippen LogP contribution in [0, 0.1) is 0 Å². The number of hydrogen-bond acceptors (Lipinski definition) is 6. The molecule has 4 rings (SSSR count).